The zero-order valence-electron chi connectivity index (χ0n) is 12.4. The van der Waals surface area contributed by atoms with E-state index in [1.165, 1.54) is 22.6 Å². The molecular weight excluding hydrogens is 254 g/mol. The number of aryl methyl sites for hydroxylation is 1. The molecule has 0 heterocycles. The molecule has 1 aromatic carbocycles. The van der Waals surface area contributed by atoms with Gasteiger partial charge in [0.05, 0.1) is 6.61 Å². The molecule has 1 unspecified atom stereocenters. The Labute approximate surface area is 122 Å². The van der Waals surface area contributed by atoms with E-state index in [1.54, 1.807) is 0 Å². The highest BCUT2D eigenvalue weighted by Crippen LogP contribution is 2.22. The lowest BCUT2D eigenvalue weighted by atomic mass is 10.0. The van der Waals surface area contributed by atoms with E-state index in [1.807, 2.05) is 11.8 Å². The van der Waals surface area contributed by atoms with Crippen molar-refractivity contribution in [3.63, 3.8) is 0 Å². The van der Waals surface area contributed by atoms with Gasteiger partial charge in [0.15, 0.2) is 0 Å². The number of benzene rings is 1. The van der Waals surface area contributed by atoms with Gasteiger partial charge in [0.1, 0.15) is 5.75 Å². The largest absolute Gasteiger partial charge is 0.493 e. The summed E-state index contributed by atoms with van der Waals surface area (Å²) in [6, 6.07) is 6.61. The quantitative estimate of drug-likeness (QED) is 0.699. The lowest BCUT2D eigenvalue weighted by Gasteiger charge is -2.15. The van der Waals surface area contributed by atoms with Crippen LogP contribution in [0, 0.1) is 6.92 Å². The van der Waals surface area contributed by atoms with E-state index in [-0.39, 0.29) is 6.04 Å². The van der Waals surface area contributed by atoms with Gasteiger partial charge in [-0.2, -0.15) is 11.8 Å². The molecule has 0 aliphatic heterocycles. The van der Waals surface area contributed by atoms with Crippen LogP contribution in [0.15, 0.2) is 18.2 Å². The summed E-state index contributed by atoms with van der Waals surface area (Å²) in [6.45, 7) is 7.23. The molecule has 2 N–H and O–H groups in total. The Bertz CT molecular complexity index is 368. The topological polar surface area (TPSA) is 35.2 Å². The highest BCUT2D eigenvalue weighted by molar-refractivity contribution is 7.99. The molecule has 0 fully saturated rings. The number of hydrogen-bond donors (Lipinski definition) is 1. The third kappa shape index (κ3) is 6.35. The van der Waals surface area contributed by atoms with Crippen molar-refractivity contribution in [2.24, 2.45) is 5.73 Å². The van der Waals surface area contributed by atoms with Crippen LogP contribution in [-0.2, 0) is 6.42 Å². The van der Waals surface area contributed by atoms with Crippen molar-refractivity contribution >= 4 is 11.8 Å². The molecule has 0 radical (unpaired) electrons. The van der Waals surface area contributed by atoms with Crippen molar-refractivity contribution in [3.8, 4) is 5.75 Å². The first kappa shape index (κ1) is 16.4. The van der Waals surface area contributed by atoms with Gasteiger partial charge >= 0.3 is 0 Å². The first-order chi connectivity index (χ1) is 9.17. The predicted octanol–water partition coefficient (Wildman–Crippen LogP) is 3.80. The number of nitrogens with two attached hydrogens (primary N) is 1. The maximum Gasteiger partial charge on any atom is 0.122 e. The second-order valence-electron chi connectivity index (χ2n) is 4.88. The first-order valence-electron chi connectivity index (χ1n) is 7.23. The third-order valence-electron chi connectivity index (χ3n) is 3.12. The summed E-state index contributed by atoms with van der Waals surface area (Å²) in [5, 5.41) is 0. The Hall–Kier alpha value is -0.670. The minimum atomic E-state index is 0.222. The van der Waals surface area contributed by atoms with E-state index in [2.05, 4.69) is 39.0 Å². The van der Waals surface area contributed by atoms with Crippen LogP contribution < -0.4 is 10.5 Å². The first-order valence-corrected chi connectivity index (χ1v) is 8.38. The van der Waals surface area contributed by atoms with Crippen molar-refractivity contribution in [2.45, 2.75) is 46.1 Å². The van der Waals surface area contributed by atoms with Crippen LogP contribution in [0.25, 0.3) is 0 Å². The molecule has 0 saturated heterocycles. The van der Waals surface area contributed by atoms with Crippen molar-refractivity contribution in [3.05, 3.63) is 29.3 Å². The number of ether oxygens (including phenoxy) is 1. The highest BCUT2D eigenvalue weighted by Gasteiger charge is 2.08. The van der Waals surface area contributed by atoms with Crippen LogP contribution in [-0.4, -0.2) is 24.2 Å². The molecule has 0 spiro atoms. The van der Waals surface area contributed by atoms with E-state index >= 15 is 0 Å². The highest BCUT2D eigenvalue weighted by atomic mass is 32.2. The van der Waals surface area contributed by atoms with Gasteiger partial charge in [0, 0.05) is 6.04 Å². The Morgan fingerprint density at radius 3 is 2.79 bits per heavy atom. The van der Waals surface area contributed by atoms with Gasteiger partial charge in [0.2, 0.25) is 0 Å². The Balaban J connectivity index is 2.55. The smallest absolute Gasteiger partial charge is 0.122 e. The van der Waals surface area contributed by atoms with E-state index < -0.39 is 0 Å². The van der Waals surface area contributed by atoms with Gasteiger partial charge in [-0.25, -0.2) is 0 Å². The minimum Gasteiger partial charge on any atom is -0.493 e. The van der Waals surface area contributed by atoms with E-state index in [0.717, 1.165) is 31.6 Å². The van der Waals surface area contributed by atoms with Crippen LogP contribution in [0.3, 0.4) is 0 Å². The number of rotatable bonds is 9. The fraction of sp³-hybridized carbons (Fsp3) is 0.625. The summed E-state index contributed by atoms with van der Waals surface area (Å²) < 4.78 is 5.92. The fourth-order valence-electron chi connectivity index (χ4n) is 1.92. The molecule has 0 aliphatic carbocycles. The summed E-state index contributed by atoms with van der Waals surface area (Å²) in [4.78, 5) is 0. The van der Waals surface area contributed by atoms with Gasteiger partial charge in [0.25, 0.3) is 0 Å². The lowest BCUT2D eigenvalue weighted by molar-refractivity contribution is 0.314. The Morgan fingerprint density at radius 2 is 2.11 bits per heavy atom. The second-order valence-corrected chi connectivity index (χ2v) is 6.28. The molecule has 19 heavy (non-hydrogen) atoms. The molecule has 0 saturated carbocycles. The molecule has 1 atom stereocenters. The lowest BCUT2D eigenvalue weighted by Crippen LogP contribution is -2.21. The zero-order valence-corrected chi connectivity index (χ0v) is 13.3. The van der Waals surface area contributed by atoms with Crippen molar-refractivity contribution in [1.82, 2.24) is 0 Å². The number of hydrogen-bond acceptors (Lipinski definition) is 3. The van der Waals surface area contributed by atoms with Crippen LogP contribution in [0.1, 0.15) is 37.8 Å². The summed E-state index contributed by atoms with van der Waals surface area (Å²) in [7, 11) is 0. The fourth-order valence-corrected chi connectivity index (χ4v) is 2.53. The van der Waals surface area contributed by atoms with Crippen LogP contribution >= 0.6 is 11.8 Å². The average Bonchev–Trinajstić information content (AvgIpc) is 2.40. The molecule has 108 valence electrons. The van der Waals surface area contributed by atoms with Crippen molar-refractivity contribution in [1.29, 1.82) is 0 Å². The predicted molar refractivity (Wildman–Crippen MR) is 86.3 cm³/mol. The molecule has 0 amide bonds. The molecule has 0 aliphatic rings. The van der Waals surface area contributed by atoms with E-state index in [9.17, 15) is 0 Å². The Morgan fingerprint density at radius 1 is 1.32 bits per heavy atom. The summed E-state index contributed by atoms with van der Waals surface area (Å²) in [5.74, 6) is 3.36. The van der Waals surface area contributed by atoms with Gasteiger partial charge in [-0.1, -0.05) is 31.5 Å². The van der Waals surface area contributed by atoms with Crippen molar-refractivity contribution in [2.75, 3.05) is 18.1 Å². The summed E-state index contributed by atoms with van der Waals surface area (Å²) >= 11 is 1.96. The van der Waals surface area contributed by atoms with E-state index in [0.29, 0.717) is 0 Å². The SMILES string of the molecule is CCSCCCOc1ccc(C)cc1CC(N)CC. The van der Waals surface area contributed by atoms with Crippen LogP contribution in [0.2, 0.25) is 0 Å². The molecule has 3 heteroatoms. The standard InChI is InChI=1S/C16H27NOS/c1-4-15(17)12-14-11-13(3)7-8-16(14)18-9-6-10-19-5-2/h7-8,11,15H,4-6,9-10,12,17H2,1-3H3. The maximum atomic E-state index is 6.06. The van der Waals surface area contributed by atoms with Gasteiger partial charge in [-0.05, 0) is 49.3 Å². The minimum absolute atomic E-state index is 0.222. The monoisotopic (exact) mass is 281 g/mol. The average molecular weight is 281 g/mol. The normalized spacial score (nSPS) is 12.4. The van der Waals surface area contributed by atoms with Crippen LogP contribution in [0.4, 0.5) is 0 Å². The summed E-state index contributed by atoms with van der Waals surface area (Å²) in [5.41, 5.74) is 8.58. The van der Waals surface area contributed by atoms with Gasteiger partial charge < -0.3 is 10.5 Å². The van der Waals surface area contributed by atoms with Gasteiger partial charge in [-0.15, -0.1) is 0 Å². The molecule has 0 bridgehead atoms. The van der Waals surface area contributed by atoms with Crippen LogP contribution in [0.5, 0.6) is 5.75 Å². The van der Waals surface area contributed by atoms with Gasteiger partial charge in [-0.3, -0.25) is 0 Å². The summed E-state index contributed by atoms with van der Waals surface area (Å²) in [6.07, 6.45) is 3.00. The molecule has 1 rings (SSSR count). The second kappa shape index (κ2) is 9.27. The number of thioether (sulfide) groups is 1. The zero-order chi connectivity index (χ0) is 14.1. The third-order valence-corrected chi connectivity index (χ3v) is 4.10. The maximum absolute atomic E-state index is 6.06. The van der Waals surface area contributed by atoms with E-state index in [4.69, 9.17) is 10.5 Å². The molecule has 1 aromatic rings. The van der Waals surface area contributed by atoms with Crippen molar-refractivity contribution < 1.29 is 4.74 Å². The Kier molecular flexibility index (Phi) is 7.99. The molecular formula is C16H27NOS. The molecule has 2 nitrogen and oxygen atoms in total. The molecule has 0 aromatic heterocycles.